The molecular formula is C24H19Cl3N4O2S. The summed E-state index contributed by atoms with van der Waals surface area (Å²) in [6.07, 6.45) is -0.452. The van der Waals surface area contributed by atoms with Gasteiger partial charge in [0.2, 0.25) is 5.91 Å². The fourth-order valence-electron chi connectivity index (χ4n) is 3.14. The Morgan fingerprint density at radius 1 is 0.971 bits per heavy atom. The molecule has 0 bridgehead atoms. The molecule has 4 aromatic rings. The first-order valence-corrected chi connectivity index (χ1v) is 12.3. The summed E-state index contributed by atoms with van der Waals surface area (Å²) in [6.45, 7) is 1.87. The molecule has 0 aliphatic rings. The third kappa shape index (κ3) is 5.85. The zero-order chi connectivity index (χ0) is 24.1. The van der Waals surface area contributed by atoms with Gasteiger partial charge in [-0.15, -0.1) is 10.2 Å². The number of halogens is 3. The second-order valence-electron chi connectivity index (χ2n) is 7.17. The number of carbonyl (C=O) groups excluding carboxylic acids is 1. The van der Waals surface area contributed by atoms with E-state index in [1.807, 2.05) is 54.0 Å². The molecule has 1 aromatic heterocycles. The fraction of sp³-hybridized carbons (Fsp3) is 0.125. The van der Waals surface area contributed by atoms with E-state index in [2.05, 4.69) is 15.5 Å². The van der Waals surface area contributed by atoms with Crippen LogP contribution in [0.5, 0.6) is 5.75 Å². The Morgan fingerprint density at radius 2 is 1.71 bits per heavy atom. The maximum absolute atomic E-state index is 12.5. The topological polar surface area (TPSA) is 69.0 Å². The maximum atomic E-state index is 12.5. The lowest BCUT2D eigenvalue weighted by molar-refractivity contribution is -0.113. The van der Waals surface area contributed by atoms with E-state index in [9.17, 15) is 4.79 Å². The zero-order valence-corrected chi connectivity index (χ0v) is 21.0. The van der Waals surface area contributed by atoms with Crippen molar-refractivity contribution in [2.75, 3.05) is 11.1 Å². The van der Waals surface area contributed by atoms with Crippen molar-refractivity contribution < 1.29 is 9.53 Å². The summed E-state index contributed by atoms with van der Waals surface area (Å²) in [5.41, 5.74) is 1.41. The Labute approximate surface area is 216 Å². The van der Waals surface area contributed by atoms with Crippen LogP contribution in [0, 0.1) is 0 Å². The Bertz CT molecular complexity index is 1300. The number of ether oxygens (including phenoxy) is 1. The Kier molecular flexibility index (Phi) is 8.00. The van der Waals surface area contributed by atoms with Gasteiger partial charge in [-0.3, -0.25) is 9.36 Å². The third-order valence-electron chi connectivity index (χ3n) is 4.71. The Hall–Kier alpha value is -2.71. The number of carbonyl (C=O) groups is 1. The molecule has 0 fully saturated rings. The predicted octanol–water partition coefficient (Wildman–Crippen LogP) is 7.10. The van der Waals surface area contributed by atoms with Crippen molar-refractivity contribution >= 4 is 58.2 Å². The number of nitrogens with zero attached hydrogens (tertiary/aromatic N) is 3. The van der Waals surface area contributed by atoms with E-state index in [1.54, 1.807) is 30.3 Å². The molecule has 3 aromatic carbocycles. The van der Waals surface area contributed by atoms with Gasteiger partial charge in [-0.05, 0) is 49.4 Å². The molecule has 0 aliphatic heterocycles. The van der Waals surface area contributed by atoms with Gasteiger partial charge >= 0.3 is 0 Å². The number of nitrogens with one attached hydrogen (secondary N) is 1. The van der Waals surface area contributed by atoms with Crippen LogP contribution < -0.4 is 10.1 Å². The second-order valence-corrected chi connectivity index (χ2v) is 9.33. The van der Waals surface area contributed by atoms with E-state index in [0.29, 0.717) is 37.5 Å². The summed E-state index contributed by atoms with van der Waals surface area (Å²) < 4.78 is 7.94. The van der Waals surface area contributed by atoms with Crippen LogP contribution in [0.15, 0.2) is 78.0 Å². The van der Waals surface area contributed by atoms with Crippen molar-refractivity contribution in [1.82, 2.24) is 14.8 Å². The van der Waals surface area contributed by atoms with E-state index in [4.69, 9.17) is 39.5 Å². The number of benzene rings is 3. The van der Waals surface area contributed by atoms with E-state index >= 15 is 0 Å². The first-order chi connectivity index (χ1) is 16.4. The maximum Gasteiger partial charge on any atom is 0.234 e. The molecule has 0 radical (unpaired) electrons. The molecule has 0 saturated carbocycles. The van der Waals surface area contributed by atoms with Gasteiger partial charge < -0.3 is 10.1 Å². The highest BCUT2D eigenvalue weighted by Crippen LogP contribution is 2.31. The molecule has 0 saturated heterocycles. The predicted molar refractivity (Wildman–Crippen MR) is 138 cm³/mol. The number of para-hydroxylation sites is 2. The van der Waals surface area contributed by atoms with Gasteiger partial charge in [0.05, 0.1) is 20.8 Å². The standard InChI is InChI=1S/C24H19Cl3N4O2S/c1-15(33-21-10-6-5-9-19(21)26)23-29-30-24(31(23)17-7-3-2-4-8-17)34-14-22(32)28-16-11-12-18(25)20(27)13-16/h2-13,15H,14H2,1H3,(H,28,32). The normalized spacial score (nSPS) is 11.8. The molecule has 34 heavy (non-hydrogen) atoms. The van der Waals surface area contributed by atoms with E-state index in [-0.39, 0.29) is 11.7 Å². The molecular weight excluding hydrogens is 515 g/mol. The number of amides is 1. The van der Waals surface area contributed by atoms with Gasteiger partial charge in [0, 0.05) is 11.4 Å². The van der Waals surface area contributed by atoms with Crippen LogP contribution in [0.2, 0.25) is 15.1 Å². The molecule has 6 nitrogen and oxygen atoms in total. The molecule has 0 aliphatic carbocycles. The van der Waals surface area contributed by atoms with Gasteiger partial charge in [-0.1, -0.05) is 76.9 Å². The minimum atomic E-state index is -0.452. The summed E-state index contributed by atoms with van der Waals surface area (Å²) in [7, 11) is 0. The van der Waals surface area contributed by atoms with Crippen molar-refractivity contribution in [3.05, 3.63) is 93.7 Å². The number of aromatic nitrogens is 3. The molecule has 174 valence electrons. The highest BCUT2D eigenvalue weighted by molar-refractivity contribution is 7.99. The fourth-order valence-corrected chi connectivity index (χ4v) is 4.38. The molecule has 1 amide bonds. The smallest absolute Gasteiger partial charge is 0.234 e. The van der Waals surface area contributed by atoms with Crippen LogP contribution in [0.3, 0.4) is 0 Å². The van der Waals surface area contributed by atoms with Crippen molar-refractivity contribution in [2.45, 2.75) is 18.2 Å². The number of hydrogen-bond acceptors (Lipinski definition) is 5. The quantitative estimate of drug-likeness (QED) is 0.245. The molecule has 10 heteroatoms. The minimum Gasteiger partial charge on any atom is -0.481 e. The Morgan fingerprint density at radius 3 is 2.44 bits per heavy atom. The molecule has 1 atom stereocenters. The van der Waals surface area contributed by atoms with Gasteiger partial charge in [-0.25, -0.2) is 0 Å². The van der Waals surface area contributed by atoms with Gasteiger partial charge in [0.15, 0.2) is 17.1 Å². The van der Waals surface area contributed by atoms with Crippen LogP contribution >= 0.6 is 46.6 Å². The summed E-state index contributed by atoms with van der Waals surface area (Å²) in [5.74, 6) is 1.03. The van der Waals surface area contributed by atoms with Crippen LogP contribution in [-0.4, -0.2) is 26.4 Å². The molecule has 1 heterocycles. The third-order valence-corrected chi connectivity index (χ3v) is 6.69. The first kappa shape index (κ1) is 24.4. The van der Waals surface area contributed by atoms with Gasteiger partial charge in [0.1, 0.15) is 5.75 Å². The zero-order valence-electron chi connectivity index (χ0n) is 17.9. The van der Waals surface area contributed by atoms with Crippen molar-refractivity contribution in [2.24, 2.45) is 0 Å². The number of thioether (sulfide) groups is 1. The van der Waals surface area contributed by atoms with E-state index < -0.39 is 6.10 Å². The van der Waals surface area contributed by atoms with Gasteiger partial charge in [-0.2, -0.15) is 0 Å². The minimum absolute atomic E-state index is 0.116. The SMILES string of the molecule is CC(Oc1ccccc1Cl)c1nnc(SCC(=O)Nc2ccc(Cl)c(Cl)c2)n1-c1ccccc1. The van der Waals surface area contributed by atoms with E-state index in [0.717, 1.165) is 5.69 Å². The molecule has 1 N–H and O–H groups in total. The van der Waals surface area contributed by atoms with Crippen LogP contribution in [0.25, 0.3) is 5.69 Å². The van der Waals surface area contributed by atoms with E-state index in [1.165, 1.54) is 11.8 Å². The summed E-state index contributed by atoms with van der Waals surface area (Å²) >= 11 is 19.5. The highest BCUT2D eigenvalue weighted by atomic mass is 35.5. The van der Waals surface area contributed by atoms with Crippen LogP contribution in [0.4, 0.5) is 5.69 Å². The van der Waals surface area contributed by atoms with Crippen molar-refractivity contribution in [3.63, 3.8) is 0 Å². The number of hydrogen-bond donors (Lipinski definition) is 1. The largest absolute Gasteiger partial charge is 0.481 e. The average molecular weight is 534 g/mol. The summed E-state index contributed by atoms with van der Waals surface area (Å²) in [4.78, 5) is 12.5. The first-order valence-electron chi connectivity index (χ1n) is 10.2. The highest BCUT2D eigenvalue weighted by Gasteiger charge is 2.22. The number of rotatable bonds is 8. The summed E-state index contributed by atoms with van der Waals surface area (Å²) in [6, 6.07) is 21.8. The monoisotopic (exact) mass is 532 g/mol. The summed E-state index contributed by atoms with van der Waals surface area (Å²) in [5, 5.41) is 13.4. The average Bonchev–Trinajstić information content (AvgIpc) is 3.26. The molecule has 4 rings (SSSR count). The van der Waals surface area contributed by atoms with Crippen LogP contribution in [0.1, 0.15) is 18.9 Å². The lowest BCUT2D eigenvalue weighted by Crippen LogP contribution is -2.15. The second kappa shape index (κ2) is 11.1. The lowest BCUT2D eigenvalue weighted by atomic mass is 10.3. The number of anilines is 1. The van der Waals surface area contributed by atoms with Gasteiger partial charge in [0.25, 0.3) is 0 Å². The van der Waals surface area contributed by atoms with Crippen molar-refractivity contribution in [1.29, 1.82) is 0 Å². The van der Waals surface area contributed by atoms with Crippen molar-refractivity contribution in [3.8, 4) is 11.4 Å². The van der Waals surface area contributed by atoms with Crippen LogP contribution in [-0.2, 0) is 4.79 Å². The lowest BCUT2D eigenvalue weighted by Gasteiger charge is -2.17. The Balaban J connectivity index is 1.54. The molecule has 1 unspecified atom stereocenters. The molecule has 0 spiro atoms.